The van der Waals surface area contributed by atoms with Crippen LogP contribution in [-0.4, -0.2) is 0 Å². The minimum absolute atomic E-state index is 0.986. The lowest BCUT2D eigenvalue weighted by molar-refractivity contribution is 0.00190. The Balaban J connectivity index is 1.71. The molecular weight excluding hydrogens is 168 g/mol. The second kappa shape index (κ2) is 2.98. The maximum absolute atomic E-state index is 3.84. The fraction of sp³-hybridized carbons (Fsp3) is 0.714. The second-order valence-corrected chi connectivity index (χ2v) is 5.53. The first-order valence-electron chi connectivity index (χ1n) is 6.12. The fourth-order valence-corrected chi connectivity index (χ4v) is 4.33. The zero-order valence-electron chi connectivity index (χ0n) is 9.02. The molecule has 0 aromatic carbocycles. The van der Waals surface area contributed by atoms with Crippen LogP contribution >= 0.6 is 0 Å². The van der Waals surface area contributed by atoms with Crippen LogP contribution in [-0.2, 0) is 0 Å². The summed E-state index contributed by atoms with van der Waals surface area (Å²) in [5, 5.41) is 0. The van der Waals surface area contributed by atoms with Crippen molar-refractivity contribution in [3.63, 3.8) is 0 Å². The highest BCUT2D eigenvalue weighted by molar-refractivity contribution is 5.25. The van der Waals surface area contributed by atoms with Gasteiger partial charge < -0.3 is 0 Å². The highest BCUT2D eigenvalue weighted by Crippen LogP contribution is 2.65. The number of rotatable bonds is 3. The predicted molar refractivity (Wildman–Crippen MR) is 59.8 cm³/mol. The quantitative estimate of drug-likeness (QED) is 0.593. The number of hydrogen-bond donors (Lipinski definition) is 0. The molecule has 0 saturated heterocycles. The van der Waals surface area contributed by atoms with Crippen molar-refractivity contribution in [3.05, 3.63) is 24.8 Å². The molecule has 76 valence electrons. The molecule has 2 saturated carbocycles. The van der Waals surface area contributed by atoms with Gasteiger partial charge in [0.2, 0.25) is 0 Å². The van der Waals surface area contributed by atoms with Crippen molar-refractivity contribution in [2.45, 2.75) is 26.2 Å². The lowest BCUT2D eigenvalue weighted by Gasteiger charge is -2.55. The molecule has 3 rings (SSSR count). The average Bonchev–Trinajstić information content (AvgIpc) is 2.39. The van der Waals surface area contributed by atoms with Crippen LogP contribution in [0.3, 0.4) is 0 Å². The van der Waals surface area contributed by atoms with E-state index in [1.54, 1.807) is 0 Å². The van der Waals surface area contributed by atoms with Crippen LogP contribution in [0.15, 0.2) is 24.8 Å². The Morgan fingerprint density at radius 1 is 1.29 bits per heavy atom. The summed E-state index contributed by atoms with van der Waals surface area (Å²) in [5.41, 5.74) is 0. The molecule has 0 amide bonds. The van der Waals surface area contributed by atoms with Crippen molar-refractivity contribution in [2.75, 3.05) is 0 Å². The van der Waals surface area contributed by atoms with Gasteiger partial charge in [-0.15, -0.1) is 6.58 Å². The highest BCUT2D eigenvalue weighted by atomic mass is 14.6. The van der Waals surface area contributed by atoms with Crippen LogP contribution in [0, 0.1) is 35.5 Å². The molecule has 0 heterocycles. The molecule has 0 nitrogen and oxygen atoms in total. The summed E-state index contributed by atoms with van der Waals surface area (Å²) in [4.78, 5) is 0. The monoisotopic (exact) mass is 188 g/mol. The molecule has 14 heavy (non-hydrogen) atoms. The van der Waals surface area contributed by atoms with Crippen molar-refractivity contribution in [3.8, 4) is 0 Å². The SMILES string of the molecule is C=CCCC1CC(C)C2C3C=CC3C12. The standard InChI is InChI=1S/C14H20/c1-3-4-5-10-8-9(2)13-11-6-7-12(11)14(10)13/h3,6-7,9-14H,1,4-5,8H2,2H3. The molecule has 0 aliphatic heterocycles. The van der Waals surface area contributed by atoms with E-state index in [0.717, 1.165) is 35.5 Å². The van der Waals surface area contributed by atoms with E-state index in [1.165, 1.54) is 19.3 Å². The van der Waals surface area contributed by atoms with E-state index in [1.807, 2.05) is 0 Å². The van der Waals surface area contributed by atoms with Crippen molar-refractivity contribution in [1.29, 1.82) is 0 Å². The van der Waals surface area contributed by atoms with Crippen LogP contribution in [0.1, 0.15) is 26.2 Å². The summed E-state index contributed by atoms with van der Waals surface area (Å²) < 4.78 is 0. The Labute approximate surface area is 87.1 Å². The Bertz CT molecular complexity index is 276. The van der Waals surface area contributed by atoms with Gasteiger partial charge in [0.25, 0.3) is 0 Å². The molecule has 0 aromatic heterocycles. The number of hydrogen-bond acceptors (Lipinski definition) is 0. The van der Waals surface area contributed by atoms with Gasteiger partial charge in [0.15, 0.2) is 0 Å². The Kier molecular flexibility index (Phi) is 1.87. The summed E-state index contributed by atoms with van der Waals surface area (Å²) in [6.07, 6.45) is 11.1. The van der Waals surface area contributed by atoms with Crippen LogP contribution in [0.5, 0.6) is 0 Å². The molecule has 6 unspecified atom stereocenters. The summed E-state index contributed by atoms with van der Waals surface area (Å²) in [6.45, 7) is 6.30. The van der Waals surface area contributed by atoms with Gasteiger partial charge in [-0.1, -0.05) is 25.2 Å². The van der Waals surface area contributed by atoms with Gasteiger partial charge >= 0.3 is 0 Å². The summed E-state index contributed by atoms with van der Waals surface area (Å²) in [7, 11) is 0. The summed E-state index contributed by atoms with van der Waals surface area (Å²) in [6, 6.07) is 0. The Hall–Kier alpha value is -0.520. The minimum Gasteiger partial charge on any atom is -0.103 e. The summed E-state index contributed by atoms with van der Waals surface area (Å²) >= 11 is 0. The molecule has 3 aliphatic carbocycles. The normalized spacial score (nSPS) is 52.9. The highest BCUT2D eigenvalue weighted by Gasteiger charge is 2.59. The van der Waals surface area contributed by atoms with Gasteiger partial charge in [-0.2, -0.15) is 0 Å². The third kappa shape index (κ3) is 0.947. The topological polar surface area (TPSA) is 0 Å². The van der Waals surface area contributed by atoms with Gasteiger partial charge in [-0.05, 0) is 54.8 Å². The first kappa shape index (κ1) is 8.76. The fourth-order valence-electron chi connectivity index (χ4n) is 4.33. The van der Waals surface area contributed by atoms with Crippen molar-refractivity contribution in [2.24, 2.45) is 35.5 Å². The molecule has 2 fully saturated rings. The molecule has 0 spiro atoms. The molecule has 0 N–H and O–H groups in total. The van der Waals surface area contributed by atoms with Crippen molar-refractivity contribution < 1.29 is 0 Å². The van der Waals surface area contributed by atoms with E-state index in [4.69, 9.17) is 0 Å². The summed E-state index contributed by atoms with van der Waals surface area (Å²) in [5.74, 6) is 6.09. The average molecular weight is 188 g/mol. The van der Waals surface area contributed by atoms with Crippen LogP contribution < -0.4 is 0 Å². The molecule has 0 heteroatoms. The van der Waals surface area contributed by atoms with E-state index in [2.05, 4.69) is 31.7 Å². The van der Waals surface area contributed by atoms with Crippen molar-refractivity contribution in [1.82, 2.24) is 0 Å². The zero-order chi connectivity index (χ0) is 9.71. The first-order valence-corrected chi connectivity index (χ1v) is 6.12. The van der Waals surface area contributed by atoms with E-state index >= 15 is 0 Å². The van der Waals surface area contributed by atoms with E-state index in [9.17, 15) is 0 Å². The molecule has 6 atom stereocenters. The molecule has 0 bridgehead atoms. The van der Waals surface area contributed by atoms with E-state index < -0.39 is 0 Å². The predicted octanol–water partition coefficient (Wildman–Crippen LogP) is 3.66. The number of allylic oxidation sites excluding steroid dienone is 3. The van der Waals surface area contributed by atoms with Crippen LogP contribution in [0.25, 0.3) is 0 Å². The zero-order valence-corrected chi connectivity index (χ0v) is 9.02. The third-order valence-corrected chi connectivity index (χ3v) is 4.95. The second-order valence-electron chi connectivity index (χ2n) is 5.53. The van der Waals surface area contributed by atoms with Gasteiger partial charge in [0.05, 0.1) is 0 Å². The molecular formula is C14H20. The van der Waals surface area contributed by atoms with Gasteiger partial charge in [0, 0.05) is 0 Å². The lowest BCUT2D eigenvalue weighted by atomic mass is 9.49. The molecule has 3 aliphatic rings. The maximum atomic E-state index is 3.84. The largest absolute Gasteiger partial charge is 0.103 e. The Morgan fingerprint density at radius 3 is 2.64 bits per heavy atom. The van der Waals surface area contributed by atoms with Crippen LogP contribution in [0.2, 0.25) is 0 Å². The molecule has 0 radical (unpaired) electrons. The lowest BCUT2D eigenvalue weighted by Crippen LogP contribution is -2.50. The van der Waals surface area contributed by atoms with Gasteiger partial charge in [-0.25, -0.2) is 0 Å². The van der Waals surface area contributed by atoms with E-state index in [0.29, 0.717) is 0 Å². The van der Waals surface area contributed by atoms with Gasteiger partial charge in [-0.3, -0.25) is 0 Å². The van der Waals surface area contributed by atoms with Crippen molar-refractivity contribution >= 4 is 0 Å². The van der Waals surface area contributed by atoms with Gasteiger partial charge in [0.1, 0.15) is 0 Å². The van der Waals surface area contributed by atoms with E-state index in [-0.39, 0.29) is 0 Å². The smallest absolute Gasteiger partial charge is 0.0134 e. The number of fused-ring (bicyclic) bond motifs is 4. The third-order valence-electron chi connectivity index (χ3n) is 4.95. The first-order chi connectivity index (χ1) is 6.83. The molecule has 0 aromatic rings. The minimum atomic E-state index is 0.986. The maximum Gasteiger partial charge on any atom is -0.0134 e. The Morgan fingerprint density at radius 2 is 2.00 bits per heavy atom. The van der Waals surface area contributed by atoms with Crippen LogP contribution in [0.4, 0.5) is 0 Å².